The Kier molecular flexibility index (Phi) is 4.98. The first-order chi connectivity index (χ1) is 12.5. The van der Waals surface area contributed by atoms with Gasteiger partial charge in [-0.15, -0.1) is 0 Å². The van der Waals surface area contributed by atoms with Gasteiger partial charge in [0.1, 0.15) is 6.54 Å². The third-order valence-corrected chi connectivity index (χ3v) is 4.23. The zero-order valence-corrected chi connectivity index (χ0v) is 15.1. The van der Waals surface area contributed by atoms with Gasteiger partial charge in [0, 0.05) is 24.2 Å². The smallest absolute Gasteiger partial charge is 0.244 e. The minimum Gasteiger partial charge on any atom is -0.323 e. The summed E-state index contributed by atoms with van der Waals surface area (Å²) in [4.78, 5) is 30.5. The fourth-order valence-corrected chi connectivity index (χ4v) is 3.01. The zero-order valence-electron chi connectivity index (χ0n) is 15.1. The van der Waals surface area contributed by atoms with Gasteiger partial charge in [-0.05, 0) is 37.6 Å². The average Bonchev–Trinajstić information content (AvgIpc) is 2.60. The van der Waals surface area contributed by atoms with Crippen LogP contribution in [-0.2, 0) is 9.59 Å². The molecule has 1 aromatic heterocycles. The number of fused-ring (bicyclic) bond motifs is 1. The summed E-state index contributed by atoms with van der Waals surface area (Å²) in [5, 5.41) is 3.82. The van der Waals surface area contributed by atoms with Crippen molar-refractivity contribution in [3.05, 3.63) is 65.9 Å². The monoisotopic (exact) mass is 347 g/mol. The molecule has 3 rings (SSSR count). The van der Waals surface area contributed by atoms with Crippen molar-refractivity contribution in [1.82, 2.24) is 4.98 Å². The summed E-state index contributed by atoms with van der Waals surface area (Å²) < 4.78 is 0. The van der Waals surface area contributed by atoms with E-state index in [0.29, 0.717) is 5.69 Å². The Bertz CT molecular complexity index is 977. The molecule has 0 aliphatic carbocycles. The van der Waals surface area contributed by atoms with E-state index in [9.17, 15) is 9.59 Å². The average molecular weight is 347 g/mol. The van der Waals surface area contributed by atoms with Gasteiger partial charge >= 0.3 is 0 Å². The molecule has 0 aliphatic rings. The Hall–Kier alpha value is -3.21. The van der Waals surface area contributed by atoms with E-state index in [1.54, 1.807) is 6.20 Å². The van der Waals surface area contributed by atoms with Crippen LogP contribution in [0.1, 0.15) is 18.1 Å². The van der Waals surface area contributed by atoms with Gasteiger partial charge < -0.3 is 10.2 Å². The van der Waals surface area contributed by atoms with Gasteiger partial charge in [-0.3, -0.25) is 14.6 Å². The van der Waals surface area contributed by atoms with Gasteiger partial charge in [-0.2, -0.15) is 0 Å². The number of carbonyl (C=O) groups is 2. The molecule has 26 heavy (non-hydrogen) atoms. The molecule has 0 atom stereocenters. The number of aryl methyl sites for hydroxylation is 2. The molecule has 5 nitrogen and oxygen atoms in total. The Morgan fingerprint density at radius 1 is 1.08 bits per heavy atom. The van der Waals surface area contributed by atoms with E-state index in [-0.39, 0.29) is 18.4 Å². The van der Waals surface area contributed by atoms with Gasteiger partial charge in [0.05, 0.1) is 11.2 Å². The largest absolute Gasteiger partial charge is 0.323 e. The number of benzene rings is 2. The summed E-state index contributed by atoms with van der Waals surface area (Å²) in [6.45, 7) is 5.34. The van der Waals surface area contributed by atoms with Crippen molar-refractivity contribution in [2.45, 2.75) is 20.8 Å². The number of aromatic nitrogens is 1. The number of hydrogen-bond donors (Lipinski definition) is 1. The molecular formula is C21H21N3O2. The number of para-hydroxylation sites is 1. The second-order valence-corrected chi connectivity index (χ2v) is 6.32. The van der Waals surface area contributed by atoms with Crippen LogP contribution >= 0.6 is 0 Å². The molecule has 0 saturated carbocycles. The van der Waals surface area contributed by atoms with E-state index in [2.05, 4.69) is 10.3 Å². The van der Waals surface area contributed by atoms with E-state index >= 15 is 0 Å². The van der Waals surface area contributed by atoms with Crippen molar-refractivity contribution in [3.63, 3.8) is 0 Å². The first-order valence-corrected chi connectivity index (χ1v) is 8.44. The van der Waals surface area contributed by atoms with Crippen molar-refractivity contribution < 1.29 is 9.59 Å². The molecular weight excluding hydrogens is 326 g/mol. The number of pyridine rings is 1. The molecule has 0 fully saturated rings. The van der Waals surface area contributed by atoms with E-state index in [4.69, 9.17) is 0 Å². The second-order valence-electron chi connectivity index (χ2n) is 6.32. The van der Waals surface area contributed by atoms with Gasteiger partial charge in [-0.25, -0.2) is 0 Å². The second kappa shape index (κ2) is 7.35. The van der Waals surface area contributed by atoms with E-state index in [0.717, 1.165) is 27.7 Å². The number of carbonyl (C=O) groups excluding carboxylic acids is 2. The van der Waals surface area contributed by atoms with Gasteiger partial charge in [0.25, 0.3) is 0 Å². The number of nitrogens with one attached hydrogen (secondary N) is 1. The predicted molar refractivity (Wildman–Crippen MR) is 104 cm³/mol. The number of anilines is 2. The fraction of sp³-hybridized carbons (Fsp3) is 0.190. The maximum absolute atomic E-state index is 12.6. The molecule has 0 saturated heterocycles. The highest BCUT2D eigenvalue weighted by Gasteiger charge is 2.18. The van der Waals surface area contributed by atoms with Crippen LogP contribution in [0.2, 0.25) is 0 Å². The van der Waals surface area contributed by atoms with Gasteiger partial charge in [0.15, 0.2) is 0 Å². The van der Waals surface area contributed by atoms with Crippen molar-refractivity contribution in [2.75, 3.05) is 16.8 Å². The molecule has 5 heteroatoms. The summed E-state index contributed by atoms with van der Waals surface area (Å²) in [7, 11) is 0. The molecule has 2 amide bonds. The van der Waals surface area contributed by atoms with Crippen LogP contribution in [0.15, 0.2) is 54.7 Å². The molecule has 0 aliphatic heterocycles. The van der Waals surface area contributed by atoms with Crippen molar-refractivity contribution >= 4 is 34.1 Å². The minimum absolute atomic E-state index is 0.0531. The molecule has 2 aromatic carbocycles. The number of rotatable bonds is 4. The lowest BCUT2D eigenvalue weighted by molar-refractivity contribution is -0.120. The van der Waals surface area contributed by atoms with Crippen molar-refractivity contribution in [3.8, 4) is 0 Å². The predicted octanol–water partition coefficient (Wildman–Crippen LogP) is 3.84. The van der Waals surface area contributed by atoms with Crippen LogP contribution in [0.3, 0.4) is 0 Å². The Labute approximate surface area is 152 Å². The number of amides is 2. The van der Waals surface area contributed by atoms with Gasteiger partial charge in [0.2, 0.25) is 11.8 Å². The maximum atomic E-state index is 12.6. The maximum Gasteiger partial charge on any atom is 0.244 e. The number of nitrogens with zero attached hydrogens (tertiary/aromatic N) is 2. The standard InChI is InChI=1S/C21H21N3O2/c1-14-9-10-19(15(2)12-14)24(16(3)25)13-20(26)23-18-8-4-6-17-7-5-11-22-21(17)18/h4-12H,13H2,1-3H3,(H,23,26). The lowest BCUT2D eigenvalue weighted by Gasteiger charge is -2.23. The van der Waals surface area contributed by atoms with E-state index in [1.165, 1.54) is 11.8 Å². The molecule has 132 valence electrons. The zero-order chi connectivity index (χ0) is 18.7. The van der Waals surface area contributed by atoms with Gasteiger partial charge in [-0.1, -0.05) is 35.9 Å². The molecule has 1 N–H and O–H groups in total. The van der Waals surface area contributed by atoms with Crippen LogP contribution in [-0.4, -0.2) is 23.3 Å². The summed E-state index contributed by atoms with van der Waals surface area (Å²) in [5.74, 6) is -0.443. The van der Waals surface area contributed by atoms with Crippen LogP contribution in [0.25, 0.3) is 10.9 Å². The van der Waals surface area contributed by atoms with Crippen LogP contribution in [0.5, 0.6) is 0 Å². The van der Waals surface area contributed by atoms with Crippen LogP contribution in [0.4, 0.5) is 11.4 Å². The highest BCUT2D eigenvalue weighted by atomic mass is 16.2. The Morgan fingerprint density at radius 2 is 1.85 bits per heavy atom. The molecule has 3 aromatic rings. The Morgan fingerprint density at radius 3 is 2.58 bits per heavy atom. The first-order valence-electron chi connectivity index (χ1n) is 8.44. The topological polar surface area (TPSA) is 62.3 Å². The first kappa shape index (κ1) is 17.6. The fourth-order valence-electron chi connectivity index (χ4n) is 3.01. The lowest BCUT2D eigenvalue weighted by atomic mass is 10.1. The van der Waals surface area contributed by atoms with Crippen molar-refractivity contribution in [2.24, 2.45) is 0 Å². The lowest BCUT2D eigenvalue weighted by Crippen LogP contribution is -2.37. The normalized spacial score (nSPS) is 10.6. The molecule has 0 radical (unpaired) electrons. The highest BCUT2D eigenvalue weighted by molar-refractivity contribution is 6.05. The third-order valence-electron chi connectivity index (χ3n) is 4.23. The van der Waals surface area contributed by atoms with E-state index in [1.807, 2.05) is 62.4 Å². The third kappa shape index (κ3) is 3.72. The summed E-state index contributed by atoms with van der Waals surface area (Å²) >= 11 is 0. The van der Waals surface area contributed by atoms with E-state index < -0.39 is 0 Å². The highest BCUT2D eigenvalue weighted by Crippen LogP contribution is 2.23. The van der Waals surface area contributed by atoms with Crippen molar-refractivity contribution in [1.29, 1.82) is 0 Å². The molecule has 0 bridgehead atoms. The summed E-state index contributed by atoms with van der Waals surface area (Å²) in [5.41, 5.74) is 4.18. The quantitative estimate of drug-likeness (QED) is 0.780. The summed E-state index contributed by atoms with van der Waals surface area (Å²) in [6.07, 6.45) is 1.69. The molecule has 0 spiro atoms. The molecule has 1 heterocycles. The minimum atomic E-state index is -0.265. The SMILES string of the molecule is CC(=O)N(CC(=O)Nc1cccc2cccnc12)c1ccc(C)cc1C. The summed E-state index contributed by atoms with van der Waals surface area (Å²) in [6, 6.07) is 15.2. The van der Waals surface area contributed by atoms with Crippen LogP contribution < -0.4 is 10.2 Å². The Balaban J connectivity index is 1.83. The molecule has 0 unspecified atom stereocenters. The number of hydrogen-bond acceptors (Lipinski definition) is 3. The van der Waals surface area contributed by atoms with Crippen LogP contribution in [0, 0.1) is 13.8 Å².